The van der Waals surface area contributed by atoms with E-state index in [1.807, 2.05) is 20.8 Å². The molecule has 0 saturated heterocycles. The Morgan fingerprint density at radius 3 is 2.26 bits per heavy atom. The summed E-state index contributed by atoms with van der Waals surface area (Å²) >= 11 is 0. The van der Waals surface area contributed by atoms with Crippen LogP contribution in [-0.4, -0.2) is 36.9 Å². The summed E-state index contributed by atoms with van der Waals surface area (Å²) in [7, 11) is 0. The molecule has 2 aromatic rings. The molecule has 0 heterocycles. The number of carbonyl (C=O) groups excluding carboxylic acids is 1. The van der Waals surface area contributed by atoms with Gasteiger partial charge in [-0.15, -0.1) is 0 Å². The van der Waals surface area contributed by atoms with Crippen LogP contribution in [0.2, 0.25) is 0 Å². The largest absolute Gasteiger partial charge is 0.490 e. The van der Waals surface area contributed by atoms with Crippen LogP contribution in [0, 0.1) is 10.1 Å². The van der Waals surface area contributed by atoms with E-state index in [4.69, 9.17) is 14.2 Å². The Balaban J connectivity index is 2.15. The average molecular weight is 427 g/mol. The molecule has 0 aromatic heterocycles. The minimum atomic E-state index is -0.472. The van der Waals surface area contributed by atoms with E-state index in [1.165, 1.54) is 24.4 Å². The molecule has 2 aromatic carbocycles. The lowest BCUT2D eigenvalue weighted by atomic mass is 10.1. The van der Waals surface area contributed by atoms with Crippen LogP contribution < -0.4 is 19.6 Å². The molecule has 0 fully saturated rings. The maximum absolute atomic E-state index is 12.5. The molecule has 0 atom stereocenters. The van der Waals surface area contributed by atoms with Crippen molar-refractivity contribution in [3.8, 4) is 17.2 Å². The van der Waals surface area contributed by atoms with Gasteiger partial charge in [0.25, 0.3) is 11.6 Å². The fraction of sp³-hybridized carbons (Fsp3) is 0.273. The molecule has 0 spiro atoms. The molecule has 2 rings (SSSR count). The number of para-hydroxylation sites is 1. The van der Waals surface area contributed by atoms with Crippen LogP contribution in [-0.2, 0) is 0 Å². The number of nitrogens with one attached hydrogen (secondary N) is 1. The van der Waals surface area contributed by atoms with Crippen molar-refractivity contribution in [2.75, 3.05) is 19.8 Å². The van der Waals surface area contributed by atoms with Gasteiger partial charge in [-0.1, -0.05) is 12.1 Å². The number of nitrogens with zero attached hydrogens (tertiary/aromatic N) is 2. The number of benzene rings is 2. The summed E-state index contributed by atoms with van der Waals surface area (Å²) in [6.45, 7) is 6.71. The lowest BCUT2D eigenvalue weighted by Gasteiger charge is -2.16. The zero-order valence-corrected chi connectivity index (χ0v) is 17.7. The quantitative estimate of drug-likeness (QED) is 0.326. The van der Waals surface area contributed by atoms with E-state index in [0.29, 0.717) is 42.6 Å². The lowest BCUT2D eigenvalue weighted by Crippen LogP contribution is -2.18. The summed E-state index contributed by atoms with van der Waals surface area (Å²) in [5.74, 6) is 0.778. The first-order chi connectivity index (χ1) is 15.0. The van der Waals surface area contributed by atoms with Crippen LogP contribution >= 0.6 is 0 Å². The minimum Gasteiger partial charge on any atom is -0.490 e. The number of allylic oxidation sites excluding steroid dienone is 1. The van der Waals surface area contributed by atoms with Gasteiger partial charge >= 0.3 is 0 Å². The molecule has 164 valence electrons. The summed E-state index contributed by atoms with van der Waals surface area (Å²) in [5.41, 5.74) is 3.11. The Bertz CT molecular complexity index is 944. The molecule has 31 heavy (non-hydrogen) atoms. The van der Waals surface area contributed by atoms with E-state index < -0.39 is 10.8 Å². The number of carbonyl (C=O) groups is 1. The van der Waals surface area contributed by atoms with Crippen molar-refractivity contribution in [2.24, 2.45) is 5.10 Å². The Morgan fingerprint density at radius 1 is 1.06 bits per heavy atom. The van der Waals surface area contributed by atoms with E-state index in [0.717, 1.165) is 0 Å². The van der Waals surface area contributed by atoms with Gasteiger partial charge in [0.15, 0.2) is 11.5 Å². The third-order valence-corrected chi connectivity index (χ3v) is 3.91. The Hall–Kier alpha value is -3.88. The highest BCUT2D eigenvalue weighted by molar-refractivity contribution is 5.96. The maximum atomic E-state index is 12.5. The molecule has 9 heteroatoms. The minimum absolute atomic E-state index is 0.0162. The molecular weight excluding hydrogens is 402 g/mol. The summed E-state index contributed by atoms with van der Waals surface area (Å²) in [6, 6.07) is 9.44. The van der Waals surface area contributed by atoms with Crippen molar-refractivity contribution < 1.29 is 23.9 Å². The molecule has 0 aliphatic carbocycles. The third-order valence-electron chi connectivity index (χ3n) is 3.91. The smallest absolute Gasteiger partial charge is 0.276 e. The number of rotatable bonds is 11. The van der Waals surface area contributed by atoms with Crippen molar-refractivity contribution in [1.29, 1.82) is 0 Å². The van der Waals surface area contributed by atoms with Gasteiger partial charge in [0.2, 0.25) is 5.75 Å². The molecule has 1 N–H and O–H groups in total. The predicted octanol–water partition coefficient (Wildman–Crippen LogP) is 4.22. The van der Waals surface area contributed by atoms with Crippen molar-refractivity contribution in [1.82, 2.24) is 5.43 Å². The fourth-order valence-corrected chi connectivity index (χ4v) is 2.66. The average Bonchev–Trinajstić information content (AvgIpc) is 2.76. The summed E-state index contributed by atoms with van der Waals surface area (Å²) < 4.78 is 16.8. The van der Waals surface area contributed by atoms with Gasteiger partial charge in [-0.2, -0.15) is 5.10 Å². The standard InChI is InChI=1S/C22H25N3O6/c1-4-29-19-14-17(15-20(30-5-2)21(19)31-6-3)22(26)24-23-13-9-11-16-10-7-8-12-18(16)25(27)28/h7-15H,4-6H2,1-3H3,(H,24,26)/b11-9+,23-13-. The molecule has 0 saturated carbocycles. The topological polar surface area (TPSA) is 112 Å². The normalized spacial score (nSPS) is 10.9. The SMILES string of the molecule is CCOc1cc(C(=O)N/N=C\C=C\c2ccccc2[N+](=O)[O-])cc(OCC)c1OCC. The highest BCUT2D eigenvalue weighted by Crippen LogP contribution is 2.39. The number of nitro benzene ring substituents is 1. The first-order valence-electron chi connectivity index (χ1n) is 9.81. The van der Waals surface area contributed by atoms with E-state index >= 15 is 0 Å². The van der Waals surface area contributed by atoms with Gasteiger partial charge in [-0.25, -0.2) is 5.43 Å². The number of hydrogen-bond acceptors (Lipinski definition) is 7. The highest BCUT2D eigenvalue weighted by atomic mass is 16.6. The van der Waals surface area contributed by atoms with Crippen molar-refractivity contribution in [2.45, 2.75) is 20.8 Å². The number of amides is 1. The van der Waals surface area contributed by atoms with Crippen molar-refractivity contribution in [3.63, 3.8) is 0 Å². The van der Waals surface area contributed by atoms with E-state index in [2.05, 4.69) is 10.5 Å². The predicted molar refractivity (Wildman–Crippen MR) is 118 cm³/mol. The number of ether oxygens (including phenoxy) is 3. The Labute approximate surface area is 180 Å². The summed E-state index contributed by atoms with van der Waals surface area (Å²) in [5, 5.41) is 14.9. The lowest BCUT2D eigenvalue weighted by molar-refractivity contribution is -0.385. The van der Waals surface area contributed by atoms with Crippen LogP contribution in [0.5, 0.6) is 17.2 Å². The zero-order valence-electron chi connectivity index (χ0n) is 17.7. The van der Waals surface area contributed by atoms with Gasteiger partial charge < -0.3 is 14.2 Å². The molecular formula is C22H25N3O6. The number of hydrogen-bond donors (Lipinski definition) is 1. The van der Waals surface area contributed by atoms with E-state index in [1.54, 1.807) is 30.3 Å². The molecule has 0 aliphatic rings. The second kappa shape index (κ2) is 12.0. The second-order valence-electron chi connectivity index (χ2n) is 5.99. The number of nitro groups is 1. The fourth-order valence-electron chi connectivity index (χ4n) is 2.66. The zero-order chi connectivity index (χ0) is 22.6. The molecule has 0 unspecified atom stereocenters. The van der Waals surface area contributed by atoms with Gasteiger partial charge in [-0.3, -0.25) is 14.9 Å². The summed E-state index contributed by atoms with van der Waals surface area (Å²) in [4.78, 5) is 23.1. The molecule has 9 nitrogen and oxygen atoms in total. The van der Waals surface area contributed by atoms with Crippen molar-refractivity contribution >= 4 is 23.9 Å². The van der Waals surface area contributed by atoms with Gasteiger partial charge in [0, 0.05) is 17.8 Å². The molecule has 0 bridgehead atoms. The third kappa shape index (κ3) is 6.56. The van der Waals surface area contributed by atoms with Gasteiger partial charge in [0.05, 0.1) is 30.3 Å². The maximum Gasteiger partial charge on any atom is 0.276 e. The Morgan fingerprint density at radius 2 is 1.68 bits per heavy atom. The Kier molecular flexibility index (Phi) is 9.03. The number of hydrazone groups is 1. The van der Waals surface area contributed by atoms with Gasteiger partial charge in [-0.05, 0) is 51.1 Å². The van der Waals surface area contributed by atoms with Gasteiger partial charge in [0.1, 0.15) is 0 Å². The first-order valence-corrected chi connectivity index (χ1v) is 9.81. The molecule has 0 radical (unpaired) electrons. The highest BCUT2D eigenvalue weighted by Gasteiger charge is 2.18. The summed E-state index contributed by atoms with van der Waals surface area (Å²) in [6.07, 6.45) is 4.36. The van der Waals surface area contributed by atoms with Crippen LogP contribution in [0.4, 0.5) is 5.69 Å². The molecule has 0 aliphatic heterocycles. The van der Waals surface area contributed by atoms with Crippen LogP contribution in [0.1, 0.15) is 36.7 Å². The van der Waals surface area contributed by atoms with Crippen molar-refractivity contribution in [3.05, 3.63) is 63.7 Å². The molecule has 1 amide bonds. The van der Waals surface area contributed by atoms with E-state index in [9.17, 15) is 14.9 Å². The van der Waals surface area contributed by atoms with Crippen LogP contribution in [0.15, 0.2) is 47.6 Å². The first kappa shape index (κ1) is 23.4. The van der Waals surface area contributed by atoms with E-state index in [-0.39, 0.29) is 11.3 Å². The monoisotopic (exact) mass is 427 g/mol. The van der Waals surface area contributed by atoms with Crippen LogP contribution in [0.3, 0.4) is 0 Å². The van der Waals surface area contributed by atoms with Crippen LogP contribution in [0.25, 0.3) is 6.08 Å². The second-order valence-corrected chi connectivity index (χ2v) is 5.99.